The number of pyridine rings is 2. The minimum Gasteiger partial charge on any atom is -0.365 e. The van der Waals surface area contributed by atoms with Crippen LogP contribution < -0.4 is 16.8 Å². The average Bonchev–Trinajstić information content (AvgIpc) is 2.65. The Labute approximate surface area is 167 Å². The van der Waals surface area contributed by atoms with Gasteiger partial charge >= 0.3 is 0 Å². The van der Waals surface area contributed by atoms with E-state index in [1.165, 1.54) is 6.92 Å². The van der Waals surface area contributed by atoms with E-state index < -0.39 is 17.8 Å². The van der Waals surface area contributed by atoms with E-state index in [4.69, 9.17) is 11.5 Å². The van der Waals surface area contributed by atoms with Crippen LogP contribution in [0.4, 0.5) is 21.7 Å². The molecule has 0 aromatic carbocycles. The van der Waals surface area contributed by atoms with Gasteiger partial charge in [-0.3, -0.25) is 14.6 Å². The molecule has 1 fully saturated rings. The molecule has 1 atom stereocenters. The van der Waals surface area contributed by atoms with Crippen molar-refractivity contribution >= 4 is 34.8 Å². The number of halogens is 1. The van der Waals surface area contributed by atoms with Crippen molar-refractivity contribution in [3.05, 3.63) is 41.5 Å². The number of aromatic nitrogens is 2. The van der Waals surface area contributed by atoms with E-state index in [0.29, 0.717) is 30.9 Å². The molecule has 10 heteroatoms. The normalized spacial score (nSPS) is 18.0. The summed E-state index contributed by atoms with van der Waals surface area (Å²) in [5, 5.41) is 2.94. The maximum atomic E-state index is 14.6. The molecule has 3 rings (SSSR count). The number of likely N-dealkylation sites (tertiary alicyclic amines) is 1. The zero-order valence-electron chi connectivity index (χ0n) is 16.1. The van der Waals surface area contributed by atoms with Crippen LogP contribution >= 0.6 is 0 Å². The van der Waals surface area contributed by atoms with Gasteiger partial charge in [-0.25, -0.2) is 14.4 Å². The van der Waals surface area contributed by atoms with Crippen molar-refractivity contribution in [3.63, 3.8) is 0 Å². The Morgan fingerprint density at radius 1 is 1.34 bits per heavy atom. The molecule has 2 aromatic rings. The van der Waals surface area contributed by atoms with Gasteiger partial charge in [0.1, 0.15) is 5.82 Å². The van der Waals surface area contributed by atoms with Crippen LogP contribution in [0.15, 0.2) is 29.5 Å². The molecule has 1 aliphatic rings. The fourth-order valence-corrected chi connectivity index (χ4v) is 3.03. The maximum absolute atomic E-state index is 14.6. The largest absolute Gasteiger partial charge is 0.365 e. The molecular weight excluding hydrogens is 377 g/mol. The summed E-state index contributed by atoms with van der Waals surface area (Å²) in [5.41, 5.74) is 13.3. The number of carbonyl (C=O) groups excluding carboxylic acids is 2. The molecule has 152 valence electrons. The summed E-state index contributed by atoms with van der Waals surface area (Å²) in [4.78, 5) is 37.4. The van der Waals surface area contributed by atoms with Crippen LogP contribution in [0, 0.1) is 12.7 Å². The second kappa shape index (κ2) is 8.31. The van der Waals surface area contributed by atoms with Gasteiger partial charge in [0.2, 0.25) is 5.91 Å². The van der Waals surface area contributed by atoms with Crippen LogP contribution in [-0.2, 0) is 4.79 Å². The molecule has 2 amide bonds. The minimum atomic E-state index is -0.829. The maximum Gasteiger partial charge on any atom is 0.252 e. The number of nitrogens with zero attached hydrogens (tertiary/aromatic N) is 4. The molecule has 0 aliphatic carbocycles. The van der Waals surface area contributed by atoms with Crippen LogP contribution in [0.3, 0.4) is 0 Å². The van der Waals surface area contributed by atoms with E-state index in [2.05, 4.69) is 20.3 Å². The van der Waals surface area contributed by atoms with Gasteiger partial charge in [-0.2, -0.15) is 0 Å². The first-order valence-electron chi connectivity index (χ1n) is 9.02. The van der Waals surface area contributed by atoms with Crippen molar-refractivity contribution in [2.75, 3.05) is 18.4 Å². The van der Waals surface area contributed by atoms with Crippen LogP contribution in [-0.4, -0.2) is 51.5 Å². The van der Waals surface area contributed by atoms with Gasteiger partial charge in [-0.05, 0) is 24.6 Å². The summed E-state index contributed by atoms with van der Waals surface area (Å²) >= 11 is 0. The molecule has 1 saturated heterocycles. The topological polar surface area (TPSA) is 140 Å². The lowest BCUT2D eigenvalue weighted by Gasteiger charge is -2.31. The molecule has 3 heterocycles. The quantitative estimate of drug-likeness (QED) is 0.710. The Kier molecular flexibility index (Phi) is 5.83. The third kappa shape index (κ3) is 4.72. The fraction of sp³-hybridized carbons (Fsp3) is 0.316. The van der Waals surface area contributed by atoms with Gasteiger partial charge in [-0.1, -0.05) is 0 Å². The Morgan fingerprint density at radius 3 is 2.72 bits per heavy atom. The number of aryl methyl sites for hydroxylation is 1. The molecule has 29 heavy (non-hydrogen) atoms. The van der Waals surface area contributed by atoms with Gasteiger partial charge in [0, 0.05) is 38.3 Å². The summed E-state index contributed by atoms with van der Waals surface area (Å²) in [6.07, 6.45) is 3.62. The number of anilines is 2. The first kappa shape index (κ1) is 20.3. The van der Waals surface area contributed by atoms with Gasteiger partial charge in [0.15, 0.2) is 11.6 Å². The van der Waals surface area contributed by atoms with Crippen molar-refractivity contribution in [1.82, 2.24) is 14.9 Å². The molecule has 0 radical (unpaired) electrons. The van der Waals surface area contributed by atoms with E-state index in [1.807, 2.05) is 6.92 Å². The number of nitrogens with one attached hydrogen (secondary N) is 1. The van der Waals surface area contributed by atoms with Crippen molar-refractivity contribution < 1.29 is 14.0 Å². The van der Waals surface area contributed by atoms with Crippen LogP contribution in [0.5, 0.6) is 0 Å². The number of amides is 2. The Morgan fingerprint density at radius 2 is 2.10 bits per heavy atom. The van der Waals surface area contributed by atoms with E-state index in [1.54, 1.807) is 23.4 Å². The van der Waals surface area contributed by atoms with Crippen LogP contribution in [0.1, 0.15) is 29.3 Å². The first-order chi connectivity index (χ1) is 13.7. The van der Waals surface area contributed by atoms with Crippen molar-refractivity contribution in [1.29, 1.82) is 0 Å². The molecule has 0 spiro atoms. The number of rotatable bonds is 4. The van der Waals surface area contributed by atoms with Crippen LogP contribution in [0.25, 0.3) is 0 Å². The number of aliphatic imine (C=N–C) groups is 1. The lowest BCUT2D eigenvalue weighted by molar-refractivity contribution is -0.129. The van der Waals surface area contributed by atoms with Gasteiger partial charge < -0.3 is 21.7 Å². The van der Waals surface area contributed by atoms with Crippen molar-refractivity contribution in [2.45, 2.75) is 26.3 Å². The Bertz CT molecular complexity index is 993. The number of nitrogens with two attached hydrogens (primary N) is 2. The average molecular weight is 399 g/mol. The van der Waals surface area contributed by atoms with Crippen LogP contribution in [0.2, 0.25) is 0 Å². The minimum absolute atomic E-state index is 0.0698. The summed E-state index contributed by atoms with van der Waals surface area (Å²) in [7, 11) is 0. The molecule has 2 aromatic heterocycles. The first-order valence-corrected chi connectivity index (χ1v) is 9.02. The zero-order valence-corrected chi connectivity index (χ0v) is 16.1. The summed E-state index contributed by atoms with van der Waals surface area (Å²) in [6, 6.07) is 2.26. The van der Waals surface area contributed by atoms with E-state index in [-0.39, 0.29) is 23.1 Å². The molecular formula is C19H22FN7O2. The highest BCUT2D eigenvalue weighted by molar-refractivity contribution is 5.99. The molecule has 1 unspecified atom stereocenters. The number of piperidine rings is 1. The monoisotopic (exact) mass is 399 g/mol. The third-order valence-electron chi connectivity index (χ3n) is 4.54. The second-order valence-corrected chi connectivity index (χ2v) is 6.85. The number of primary amides is 1. The molecule has 0 saturated carbocycles. The summed E-state index contributed by atoms with van der Waals surface area (Å²) in [6.45, 7) is 4.08. The second-order valence-electron chi connectivity index (χ2n) is 6.85. The SMILES string of the molecule is CC(=O)N1CC/C(=N\c2nc(Nc3cncc(C)c3)c(C(N)=O)cc2F)C(N)C1. The molecule has 0 bridgehead atoms. The molecule has 9 nitrogen and oxygen atoms in total. The Balaban J connectivity index is 1.95. The standard InChI is InChI=1S/C19H22FN7O2/c1-10-5-12(8-23-7-10)24-18-13(17(22)29)6-14(20)19(26-18)25-16-3-4-27(11(2)28)9-15(16)21/h5-8,15H,3-4,9,21H2,1-2H3,(H2,22,29)(H,24,26)/b25-16+. The van der Waals surface area contributed by atoms with Gasteiger partial charge in [-0.15, -0.1) is 0 Å². The molecule has 1 aliphatic heterocycles. The fourth-order valence-electron chi connectivity index (χ4n) is 3.03. The van der Waals surface area contributed by atoms with E-state index >= 15 is 0 Å². The van der Waals surface area contributed by atoms with Gasteiger partial charge in [0.05, 0.1) is 23.5 Å². The lowest BCUT2D eigenvalue weighted by Crippen LogP contribution is -2.50. The van der Waals surface area contributed by atoms with E-state index in [0.717, 1.165) is 11.6 Å². The Hall–Kier alpha value is -3.40. The lowest BCUT2D eigenvalue weighted by atomic mass is 10.0. The zero-order chi connectivity index (χ0) is 21.1. The smallest absolute Gasteiger partial charge is 0.252 e. The third-order valence-corrected chi connectivity index (χ3v) is 4.54. The molecule has 5 N–H and O–H groups in total. The predicted octanol–water partition coefficient (Wildman–Crippen LogP) is 1.42. The number of hydrogen-bond acceptors (Lipinski definition) is 7. The van der Waals surface area contributed by atoms with E-state index in [9.17, 15) is 14.0 Å². The summed E-state index contributed by atoms with van der Waals surface area (Å²) in [5.74, 6) is -1.83. The van der Waals surface area contributed by atoms with Crippen molar-refractivity contribution in [2.24, 2.45) is 16.5 Å². The number of hydrogen-bond donors (Lipinski definition) is 3. The highest BCUT2D eigenvalue weighted by atomic mass is 19.1. The highest BCUT2D eigenvalue weighted by Gasteiger charge is 2.25. The number of carbonyl (C=O) groups is 2. The van der Waals surface area contributed by atoms with Gasteiger partial charge in [0.25, 0.3) is 5.91 Å². The van der Waals surface area contributed by atoms with Crippen molar-refractivity contribution in [3.8, 4) is 0 Å². The highest BCUT2D eigenvalue weighted by Crippen LogP contribution is 2.26. The predicted molar refractivity (Wildman–Crippen MR) is 107 cm³/mol. The summed E-state index contributed by atoms with van der Waals surface area (Å²) < 4.78 is 14.6.